The van der Waals surface area contributed by atoms with Crippen LogP contribution in [0.3, 0.4) is 0 Å². The molecule has 2 unspecified atom stereocenters. The first-order valence-corrected chi connectivity index (χ1v) is 7.49. The minimum atomic E-state index is -0.0290. The molecule has 3 nitrogen and oxygen atoms in total. The minimum absolute atomic E-state index is 0.0290. The molecule has 1 fully saturated rings. The molecule has 0 amide bonds. The van der Waals surface area contributed by atoms with Crippen LogP contribution in [0.4, 0.5) is 0 Å². The minimum Gasteiger partial charge on any atom is -0.394 e. The first-order valence-electron chi connectivity index (χ1n) is 7.49. The Morgan fingerprint density at radius 3 is 2.56 bits per heavy atom. The Balaban J connectivity index is 2.63. The van der Waals surface area contributed by atoms with E-state index >= 15 is 0 Å². The average Bonchev–Trinajstić information content (AvgIpc) is 2.80. The van der Waals surface area contributed by atoms with Gasteiger partial charge < -0.3 is 10.4 Å². The topological polar surface area (TPSA) is 35.5 Å². The maximum Gasteiger partial charge on any atom is 0.0613 e. The summed E-state index contributed by atoms with van der Waals surface area (Å²) >= 11 is 0. The van der Waals surface area contributed by atoms with Crippen molar-refractivity contribution >= 4 is 0 Å². The molecule has 0 aliphatic heterocycles. The fourth-order valence-electron chi connectivity index (χ4n) is 2.92. The van der Waals surface area contributed by atoms with E-state index in [0.717, 1.165) is 32.2 Å². The fraction of sp³-hybridized carbons (Fsp3) is 1.00. The van der Waals surface area contributed by atoms with Gasteiger partial charge in [-0.1, -0.05) is 13.8 Å². The average molecular weight is 256 g/mol. The van der Waals surface area contributed by atoms with E-state index in [0.29, 0.717) is 6.04 Å². The van der Waals surface area contributed by atoms with Gasteiger partial charge in [0.2, 0.25) is 0 Å². The summed E-state index contributed by atoms with van der Waals surface area (Å²) in [5, 5.41) is 13.3. The summed E-state index contributed by atoms with van der Waals surface area (Å²) in [6.07, 6.45) is 5.65. The van der Waals surface area contributed by atoms with Gasteiger partial charge in [-0.05, 0) is 59.5 Å². The molecule has 1 aliphatic carbocycles. The summed E-state index contributed by atoms with van der Waals surface area (Å²) in [5.74, 6) is 0. The second-order valence-corrected chi connectivity index (χ2v) is 6.54. The van der Waals surface area contributed by atoms with Crippen LogP contribution >= 0.6 is 0 Å². The van der Waals surface area contributed by atoms with Crippen LogP contribution in [0, 0.1) is 0 Å². The molecule has 0 spiro atoms. The van der Waals surface area contributed by atoms with Crippen LogP contribution in [0.2, 0.25) is 0 Å². The highest BCUT2D eigenvalue weighted by Crippen LogP contribution is 2.35. The highest BCUT2D eigenvalue weighted by atomic mass is 16.3. The fourth-order valence-corrected chi connectivity index (χ4v) is 2.92. The van der Waals surface area contributed by atoms with Crippen molar-refractivity contribution < 1.29 is 5.11 Å². The highest BCUT2D eigenvalue weighted by molar-refractivity contribution is 5.00. The molecule has 0 heterocycles. The number of rotatable bonds is 7. The van der Waals surface area contributed by atoms with Gasteiger partial charge in [-0.3, -0.25) is 4.90 Å². The number of hydrogen-bond acceptors (Lipinski definition) is 3. The predicted molar refractivity (Wildman–Crippen MR) is 77.9 cm³/mol. The van der Waals surface area contributed by atoms with E-state index in [4.69, 9.17) is 0 Å². The molecule has 2 N–H and O–H groups in total. The normalized spacial score (nSPS) is 29.2. The zero-order chi connectivity index (χ0) is 13.8. The van der Waals surface area contributed by atoms with Crippen molar-refractivity contribution in [3.8, 4) is 0 Å². The van der Waals surface area contributed by atoms with Gasteiger partial charge >= 0.3 is 0 Å². The third-order valence-corrected chi connectivity index (χ3v) is 5.00. The summed E-state index contributed by atoms with van der Waals surface area (Å²) in [4.78, 5) is 2.51. The van der Waals surface area contributed by atoms with E-state index in [2.05, 4.69) is 45.0 Å². The second kappa shape index (κ2) is 6.36. The van der Waals surface area contributed by atoms with Crippen molar-refractivity contribution in [2.24, 2.45) is 0 Å². The molecule has 1 aliphatic rings. The van der Waals surface area contributed by atoms with Crippen LogP contribution < -0.4 is 5.32 Å². The molecular formula is C15H32N2O. The zero-order valence-corrected chi connectivity index (χ0v) is 12.9. The zero-order valence-electron chi connectivity index (χ0n) is 12.9. The Hall–Kier alpha value is -0.120. The van der Waals surface area contributed by atoms with Gasteiger partial charge in [0.25, 0.3) is 0 Å². The largest absolute Gasteiger partial charge is 0.394 e. The number of hydrogen-bond donors (Lipinski definition) is 2. The third kappa shape index (κ3) is 3.46. The molecule has 0 bridgehead atoms. The molecule has 0 aromatic heterocycles. The van der Waals surface area contributed by atoms with E-state index in [1.54, 1.807) is 0 Å². The van der Waals surface area contributed by atoms with Crippen molar-refractivity contribution in [3.05, 3.63) is 0 Å². The Morgan fingerprint density at radius 1 is 1.39 bits per heavy atom. The maximum absolute atomic E-state index is 9.72. The molecule has 0 saturated heterocycles. The first-order chi connectivity index (χ1) is 8.40. The van der Waals surface area contributed by atoms with Crippen LogP contribution in [0.1, 0.15) is 59.8 Å². The lowest BCUT2D eigenvalue weighted by molar-refractivity contribution is 0.0869. The van der Waals surface area contributed by atoms with E-state index in [9.17, 15) is 5.11 Å². The van der Waals surface area contributed by atoms with Crippen molar-refractivity contribution in [1.29, 1.82) is 0 Å². The van der Waals surface area contributed by atoms with E-state index in [1.807, 2.05) is 0 Å². The number of aliphatic hydroxyl groups is 1. The molecule has 1 rings (SSSR count). The summed E-state index contributed by atoms with van der Waals surface area (Å²) in [5.41, 5.74) is 0.222. The molecule has 3 heteroatoms. The maximum atomic E-state index is 9.72. The van der Waals surface area contributed by atoms with Crippen LogP contribution in [0.25, 0.3) is 0 Å². The summed E-state index contributed by atoms with van der Waals surface area (Å²) in [6.45, 7) is 10.3. The molecule has 108 valence electrons. The van der Waals surface area contributed by atoms with Crippen molar-refractivity contribution in [2.45, 2.75) is 76.9 Å². The molecule has 0 aromatic rings. The quantitative estimate of drug-likeness (QED) is 0.734. The van der Waals surface area contributed by atoms with Gasteiger partial charge in [0, 0.05) is 17.1 Å². The smallest absolute Gasteiger partial charge is 0.0613 e. The van der Waals surface area contributed by atoms with E-state index in [-0.39, 0.29) is 17.7 Å². The lowest BCUT2D eigenvalue weighted by atomic mass is 9.95. The Kier molecular flexibility index (Phi) is 5.63. The Morgan fingerprint density at radius 2 is 2.06 bits per heavy atom. The van der Waals surface area contributed by atoms with Gasteiger partial charge in [0.15, 0.2) is 0 Å². The SMILES string of the molecule is CCCNC1(CO)CCC(N(C)C(C)(C)CC)C1. The molecule has 1 saturated carbocycles. The first kappa shape index (κ1) is 15.9. The highest BCUT2D eigenvalue weighted by Gasteiger charge is 2.42. The van der Waals surface area contributed by atoms with Crippen LogP contribution in [-0.2, 0) is 0 Å². The third-order valence-electron chi connectivity index (χ3n) is 5.00. The summed E-state index contributed by atoms with van der Waals surface area (Å²) in [7, 11) is 2.24. The van der Waals surface area contributed by atoms with Crippen molar-refractivity contribution in [3.63, 3.8) is 0 Å². The molecule has 2 atom stereocenters. The standard InChI is InChI=1S/C15H32N2O/c1-6-10-16-15(12-18)9-8-13(11-15)17(5)14(3,4)7-2/h13,16,18H,6-12H2,1-5H3. The number of nitrogens with one attached hydrogen (secondary N) is 1. The van der Waals surface area contributed by atoms with Crippen LogP contribution in [0.5, 0.6) is 0 Å². The van der Waals surface area contributed by atoms with Crippen LogP contribution in [0.15, 0.2) is 0 Å². The van der Waals surface area contributed by atoms with Gasteiger partial charge in [-0.2, -0.15) is 0 Å². The molecule has 0 radical (unpaired) electrons. The van der Waals surface area contributed by atoms with Gasteiger partial charge in [-0.25, -0.2) is 0 Å². The van der Waals surface area contributed by atoms with E-state index in [1.165, 1.54) is 6.42 Å². The van der Waals surface area contributed by atoms with Crippen LogP contribution in [-0.4, -0.2) is 47.3 Å². The summed E-state index contributed by atoms with van der Waals surface area (Å²) in [6, 6.07) is 0.594. The number of nitrogens with zero attached hydrogens (tertiary/aromatic N) is 1. The Bertz CT molecular complexity index is 255. The lowest BCUT2D eigenvalue weighted by Gasteiger charge is -2.40. The van der Waals surface area contributed by atoms with Gasteiger partial charge in [-0.15, -0.1) is 0 Å². The lowest BCUT2D eigenvalue weighted by Crippen LogP contribution is -2.50. The van der Waals surface area contributed by atoms with Crippen molar-refractivity contribution in [1.82, 2.24) is 10.2 Å². The monoisotopic (exact) mass is 256 g/mol. The Labute approximate surface area is 113 Å². The summed E-state index contributed by atoms with van der Waals surface area (Å²) < 4.78 is 0. The molecule has 0 aromatic carbocycles. The van der Waals surface area contributed by atoms with E-state index < -0.39 is 0 Å². The van der Waals surface area contributed by atoms with Gasteiger partial charge in [0.05, 0.1) is 6.61 Å². The molecule has 18 heavy (non-hydrogen) atoms. The number of aliphatic hydroxyl groups excluding tert-OH is 1. The molecular weight excluding hydrogens is 224 g/mol. The van der Waals surface area contributed by atoms with Crippen molar-refractivity contribution in [2.75, 3.05) is 20.2 Å². The predicted octanol–water partition coefficient (Wildman–Crippen LogP) is 2.39. The second-order valence-electron chi connectivity index (χ2n) is 6.54. The van der Waals surface area contributed by atoms with Gasteiger partial charge in [0.1, 0.15) is 0 Å².